The van der Waals surface area contributed by atoms with E-state index in [0.29, 0.717) is 12.1 Å². The predicted octanol–water partition coefficient (Wildman–Crippen LogP) is 3.35. The molecule has 0 saturated heterocycles. The van der Waals surface area contributed by atoms with Crippen LogP contribution in [0.2, 0.25) is 0 Å². The number of hydrogen-bond acceptors (Lipinski definition) is 2. The molecule has 1 fully saturated rings. The van der Waals surface area contributed by atoms with Crippen molar-refractivity contribution in [1.29, 1.82) is 0 Å². The Hall–Kier alpha value is -0.0800. The second-order valence-electron chi connectivity index (χ2n) is 5.73. The highest BCUT2D eigenvalue weighted by Gasteiger charge is 2.24. The molecule has 96 valence electrons. The highest BCUT2D eigenvalue weighted by molar-refractivity contribution is 4.75. The van der Waals surface area contributed by atoms with Crippen LogP contribution in [0.3, 0.4) is 0 Å². The van der Waals surface area contributed by atoms with E-state index in [1.807, 2.05) is 0 Å². The van der Waals surface area contributed by atoms with E-state index in [0.717, 1.165) is 24.9 Å². The molecule has 2 nitrogen and oxygen atoms in total. The first-order chi connectivity index (χ1) is 7.59. The maximum absolute atomic E-state index is 5.94. The van der Waals surface area contributed by atoms with Crippen molar-refractivity contribution in [1.82, 2.24) is 0 Å². The minimum Gasteiger partial charge on any atom is -0.378 e. The minimum atomic E-state index is 0.343. The fourth-order valence-corrected chi connectivity index (χ4v) is 2.47. The largest absolute Gasteiger partial charge is 0.378 e. The van der Waals surface area contributed by atoms with Crippen LogP contribution < -0.4 is 5.73 Å². The van der Waals surface area contributed by atoms with E-state index in [1.165, 1.54) is 32.1 Å². The summed E-state index contributed by atoms with van der Waals surface area (Å²) in [4.78, 5) is 0. The van der Waals surface area contributed by atoms with Crippen molar-refractivity contribution >= 4 is 0 Å². The molecule has 2 N–H and O–H groups in total. The molecule has 0 spiro atoms. The summed E-state index contributed by atoms with van der Waals surface area (Å²) >= 11 is 0. The van der Waals surface area contributed by atoms with Gasteiger partial charge in [0.25, 0.3) is 0 Å². The van der Waals surface area contributed by atoms with Gasteiger partial charge in [-0.25, -0.2) is 0 Å². The van der Waals surface area contributed by atoms with Gasteiger partial charge in [0.2, 0.25) is 0 Å². The van der Waals surface area contributed by atoms with Crippen LogP contribution in [0.25, 0.3) is 0 Å². The van der Waals surface area contributed by atoms with E-state index in [-0.39, 0.29) is 0 Å². The SMILES string of the molecule is CC(N)CCCCOC1CCC(C)C(C)C1. The lowest BCUT2D eigenvalue weighted by atomic mass is 9.80. The van der Waals surface area contributed by atoms with Gasteiger partial charge in [-0.3, -0.25) is 0 Å². The van der Waals surface area contributed by atoms with Gasteiger partial charge in [-0.1, -0.05) is 13.8 Å². The highest BCUT2D eigenvalue weighted by Crippen LogP contribution is 2.30. The molecule has 0 amide bonds. The molecule has 0 heterocycles. The molecule has 0 aromatic heterocycles. The van der Waals surface area contributed by atoms with Crippen molar-refractivity contribution in [3.63, 3.8) is 0 Å². The van der Waals surface area contributed by atoms with Gasteiger partial charge in [-0.15, -0.1) is 0 Å². The molecule has 2 heteroatoms. The Morgan fingerprint density at radius 2 is 1.94 bits per heavy atom. The number of rotatable bonds is 6. The van der Waals surface area contributed by atoms with E-state index in [9.17, 15) is 0 Å². The van der Waals surface area contributed by atoms with Crippen molar-refractivity contribution in [3.8, 4) is 0 Å². The number of unbranched alkanes of at least 4 members (excludes halogenated alkanes) is 1. The first kappa shape index (κ1) is 14.0. The third-order valence-electron chi connectivity index (χ3n) is 3.96. The van der Waals surface area contributed by atoms with E-state index in [2.05, 4.69) is 20.8 Å². The van der Waals surface area contributed by atoms with Gasteiger partial charge in [-0.05, 0) is 57.3 Å². The fraction of sp³-hybridized carbons (Fsp3) is 1.00. The van der Waals surface area contributed by atoms with Crippen molar-refractivity contribution in [3.05, 3.63) is 0 Å². The van der Waals surface area contributed by atoms with Crippen LogP contribution in [0.5, 0.6) is 0 Å². The second kappa shape index (κ2) is 7.29. The lowest BCUT2D eigenvalue weighted by Gasteiger charge is -2.32. The lowest BCUT2D eigenvalue weighted by molar-refractivity contribution is 0.000958. The molecule has 0 aliphatic heterocycles. The van der Waals surface area contributed by atoms with Crippen LogP contribution in [0.4, 0.5) is 0 Å². The molecule has 1 saturated carbocycles. The van der Waals surface area contributed by atoms with Gasteiger partial charge in [0.15, 0.2) is 0 Å². The highest BCUT2D eigenvalue weighted by atomic mass is 16.5. The molecule has 4 unspecified atom stereocenters. The van der Waals surface area contributed by atoms with E-state index >= 15 is 0 Å². The molecule has 0 aromatic rings. The quantitative estimate of drug-likeness (QED) is 0.706. The molecule has 1 aliphatic rings. The fourth-order valence-electron chi connectivity index (χ4n) is 2.47. The molecule has 0 aromatic carbocycles. The predicted molar refractivity (Wildman–Crippen MR) is 69.4 cm³/mol. The summed E-state index contributed by atoms with van der Waals surface area (Å²) in [5.41, 5.74) is 5.71. The summed E-state index contributed by atoms with van der Waals surface area (Å²) in [6, 6.07) is 0.343. The molecular weight excluding hydrogens is 198 g/mol. The van der Waals surface area contributed by atoms with Crippen molar-refractivity contribution in [2.24, 2.45) is 17.6 Å². The average molecular weight is 227 g/mol. The van der Waals surface area contributed by atoms with Crippen molar-refractivity contribution in [2.45, 2.75) is 71.4 Å². The van der Waals surface area contributed by atoms with Gasteiger partial charge < -0.3 is 10.5 Å². The average Bonchev–Trinajstić information content (AvgIpc) is 2.22. The van der Waals surface area contributed by atoms with Crippen LogP contribution in [-0.4, -0.2) is 18.8 Å². The Kier molecular flexibility index (Phi) is 6.37. The maximum atomic E-state index is 5.94. The molecule has 1 aliphatic carbocycles. The van der Waals surface area contributed by atoms with E-state index in [1.54, 1.807) is 0 Å². The van der Waals surface area contributed by atoms with E-state index in [4.69, 9.17) is 10.5 Å². The Labute approximate surface area is 101 Å². The third kappa shape index (κ3) is 5.31. The monoisotopic (exact) mass is 227 g/mol. The van der Waals surface area contributed by atoms with Crippen LogP contribution >= 0.6 is 0 Å². The molecular formula is C14H29NO. The summed E-state index contributed by atoms with van der Waals surface area (Å²) in [6.45, 7) is 7.73. The Morgan fingerprint density at radius 3 is 2.56 bits per heavy atom. The van der Waals surface area contributed by atoms with Crippen molar-refractivity contribution in [2.75, 3.05) is 6.61 Å². The summed E-state index contributed by atoms with van der Waals surface area (Å²) in [5, 5.41) is 0. The Bertz CT molecular complexity index is 182. The van der Waals surface area contributed by atoms with Gasteiger partial charge in [0, 0.05) is 12.6 Å². The maximum Gasteiger partial charge on any atom is 0.0577 e. The van der Waals surface area contributed by atoms with Crippen molar-refractivity contribution < 1.29 is 4.74 Å². The van der Waals surface area contributed by atoms with Gasteiger partial charge in [0.1, 0.15) is 0 Å². The molecule has 0 bridgehead atoms. The zero-order chi connectivity index (χ0) is 12.0. The van der Waals surface area contributed by atoms with Crippen LogP contribution in [0.1, 0.15) is 59.3 Å². The van der Waals surface area contributed by atoms with Gasteiger partial charge in [0.05, 0.1) is 6.10 Å². The van der Waals surface area contributed by atoms with Crippen LogP contribution in [0.15, 0.2) is 0 Å². The van der Waals surface area contributed by atoms with Crippen LogP contribution in [-0.2, 0) is 4.74 Å². The smallest absolute Gasteiger partial charge is 0.0577 e. The summed E-state index contributed by atoms with van der Waals surface area (Å²) in [6.07, 6.45) is 7.89. The molecule has 1 rings (SSSR count). The van der Waals surface area contributed by atoms with Gasteiger partial charge >= 0.3 is 0 Å². The van der Waals surface area contributed by atoms with Gasteiger partial charge in [-0.2, -0.15) is 0 Å². The number of ether oxygens (including phenoxy) is 1. The Balaban J connectivity index is 2.01. The minimum absolute atomic E-state index is 0.343. The van der Waals surface area contributed by atoms with E-state index < -0.39 is 0 Å². The third-order valence-corrected chi connectivity index (χ3v) is 3.96. The zero-order valence-electron chi connectivity index (χ0n) is 11.2. The Morgan fingerprint density at radius 1 is 1.19 bits per heavy atom. The molecule has 0 radical (unpaired) electrons. The van der Waals surface area contributed by atoms with Crippen LogP contribution in [0, 0.1) is 11.8 Å². The molecule has 4 atom stereocenters. The lowest BCUT2D eigenvalue weighted by Crippen LogP contribution is -2.27. The second-order valence-corrected chi connectivity index (χ2v) is 5.73. The first-order valence-corrected chi connectivity index (χ1v) is 6.96. The zero-order valence-corrected chi connectivity index (χ0v) is 11.2. The summed E-state index contributed by atoms with van der Waals surface area (Å²) in [7, 11) is 0. The number of nitrogens with two attached hydrogens (primary N) is 1. The normalized spacial score (nSPS) is 32.6. The molecule has 16 heavy (non-hydrogen) atoms. The summed E-state index contributed by atoms with van der Waals surface area (Å²) < 4.78 is 5.94. The first-order valence-electron chi connectivity index (χ1n) is 6.96. The summed E-state index contributed by atoms with van der Waals surface area (Å²) in [5.74, 6) is 1.72. The number of hydrogen-bond donors (Lipinski definition) is 1. The standard InChI is InChI=1S/C14H29NO/c1-11-7-8-14(10-12(11)2)16-9-5-4-6-13(3)15/h11-14H,4-10,15H2,1-3H3. The topological polar surface area (TPSA) is 35.2 Å².